The van der Waals surface area contributed by atoms with Gasteiger partial charge in [-0.05, 0) is 52.2 Å². The van der Waals surface area contributed by atoms with Crippen molar-refractivity contribution in [1.29, 1.82) is 0 Å². The zero-order valence-electron chi connectivity index (χ0n) is 17.0. The zero-order valence-corrected chi connectivity index (χ0v) is 17.8. The maximum Gasteiger partial charge on any atom is 0.271 e. The van der Waals surface area contributed by atoms with Crippen LogP contribution in [0.2, 0.25) is 0 Å². The van der Waals surface area contributed by atoms with Gasteiger partial charge in [-0.1, -0.05) is 24.3 Å². The van der Waals surface area contributed by atoms with Crippen LogP contribution in [0.1, 0.15) is 32.1 Å². The second-order valence-electron chi connectivity index (χ2n) is 7.29. The van der Waals surface area contributed by atoms with Crippen molar-refractivity contribution in [3.8, 4) is 0 Å². The molecule has 5 rings (SSSR count). The lowest BCUT2D eigenvalue weighted by molar-refractivity contribution is 0.0938. The highest BCUT2D eigenvalue weighted by atomic mass is 32.1. The minimum atomic E-state index is -0.229. The maximum absolute atomic E-state index is 12.6. The Hall–Kier alpha value is -4.04. The van der Waals surface area contributed by atoms with E-state index < -0.39 is 0 Å². The SMILES string of the molecule is O=C(NCc1ccc(CNC(=O)c2nccc3ccsc23)cc1)c1ccc2cc[nH]c2n1. The minimum Gasteiger partial charge on any atom is -0.347 e. The molecule has 0 aliphatic carbocycles. The largest absolute Gasteiger partial charge is 0.347 e. The van der Waals surface area contributed by atoms with E-state index in [0.29, 0.717) is 30.1 Å². The van der Waals surface area contributed by atoms with Crippen LogP contribution in [0.4, 0.5) is 0 Å². The van der Waals surface area contributed by atoms with Crippen molar-refractivity contribution in [3.05, 3.63) is 94.9 Å². The number of hydrogen-bond donors (Lipinski definition) is 3. The smallest absolute Gasteiger partial charge is 0.271 e. The van der Waals surface area contributed by atoms with Gasteiger partial charge in [0.1, 0.15) is 17.0 Å². The normalized spacial score (nSPS) is 11.0. The predicted octanol–water partition coefficient (Wildman–Crippen LogP) is 4.03. The lowest BCUT2D eigenvalue weighted by Crippen LogP contribution is -2.24. The lowest BCUT2D eigenvalue weighted by Gasteiger charge is -2.08. The number of aromatic nitrogens is 3. The molecule has 5 aromatic rings. The van der Waals surface area contributed by atoms with Crippen molar-refractivity contribution in [2.45, 2.75) is 13.1 Å². The number of thiophene rings is 1. The van der Waals surface area contributed by atoms with E-state index in [2.05, 4.69) is 25.6 Å². The molecule has 0 saturated carbocycles. The van der Waals surface area contributed by atoms with Crippen LogP contribution in [-0.2, 0) is 13.1 Å². The summed E-state index contributed by atoms with van der Waals surface area (Å²) in [4.78, 5) is 36.5. The summed E-state index contributed by atoms with van der Waals surface area (Å²) < 4.78 is 0.890. The standard InChI is InChI=1S/C24H19N5O2S/c30-23(19-6-5-18-8-11-26-22(18)29-19)27-13-15-1-3-16(4-2-15)14-28-24(31)20-21-17(7-10-25-20)9-12-32-21/h1-12H,13-14H2,(H,26,29)(H,27,30)(H,28,31). The van der Waals surface area contributed by atoms with Crippen molar-refractivity contribution in [3.63, 3.8) is 0 Å². The molecule has 3 N–H and O–H groups in total. The van der Waals surface area contributed by atoms with Crippen molar-refractivity contribution >= 4 is 44.3 Å². The molecule has 7 nitrogen and oxygen atoms in total. The number of carbonyl (C=O) groups is 2. The average Bonchev–Trinajstić information content (AvgIpc) is 3.50. The summed E-state index contributed by atoms with van der Waals surface area (Å²) in [6.07, 6.45) is 3.45. The van der Waals surface area contributed by atoms with Crippen LogP contribution in [0.15, 0.2) is 72.4 Å². The molecule has 0 unspecified atom stereocenters. The summed E-state index contributed by atoms with van der Waals surface area (Å²) in [5.74, 6) is -0.422. The van der Waals surface area contributed by atoms with Crippen LogP contribution < -0.4 is 10.6 Å². The maximum atomic E-state index is 12.6. The molecule has 0 aliphatic rings. The fraction of sp³-hybridized carbons (Fsp3) is 0.0833. The van der Waals surface area contributed by atoms with Crippen LogP contribution >= 0.6 is 11.3 Å². The number of pyridine rings is 2. The number of amides is 2. The Morgan fingerprint density at radius 3 is 2.38 bits per heavy atom. The highest BCUT2D eigenvalue weighted by molar-refractivity contribution is 7.17. The Balaban J connectivity index is 1.16. The summed E-state index contributed by atoms with van der Waals surface area (Å²) in [5, 5.41) is 9.75. The molecule has 32 heavy (non-hydrogen) atoms. The second-order valence-corrected chi connectivity index (χ2v) is 8.21. The Labute approximate surface area is 187 Å². The van der Waals surface area contributed by atoms with Crippen molar-refractivity contribution in [2.75, 3.05) is 0 Å². The molecular formula is C24H19N5O2S. The summed E-state index contributed by atoms with van der Waals surface area (Å²) in [7, 11) is 0. The summed E-state index contributed by atoms with van der Waals surface area (Å²) >= 11 is 1.51. The number of aromatic amines is 1. The molecule has 0 saturated heterocycles. The summed E-state index contributed by atoms with van der Waals surface area (Å²) in [6, 6.07) is 17.1. The van der Waals surface area contributed by atoms with E-state index in [0.717, 1.165) is 26.6 Å². The van der Waals surface area contributed by atoms with E-state index in [4.69, 9.17) is 0 Å². The minimum absolute atomic E-state index is 0.194. The first kappa shape index (κ1) is 19.9. The van der Waals surface area contributed by atoms with E-state index in [-0.39, 0.29) is 11.8 Å². The first-order chi connectivity index (χ1) is 15.7. The number of fused-ring (bicyclic) bond motifs is 2. The fourth-order valence-corrected chi connectivity index (χ4v) is 4.31. The van der Waals surface area contributed by atoms with Crippen LogP contribution in [0.25, 0.3) is 21.1 Å². The van der Waals surface area contributed by atoms with Gasteiger partial charge in [0, 0.05) is 30.9 Å². The third kappa shape index (κ3) is 4.08. The van der Waals surface area contributed by atoms with E-state index >= 15 is 0 Å². The first-order valence-corrected chi connectivity index (χ1v) is 11.0. The molecule has 158 valence electrons. The summed E-state index contributed by atoms with van der Waals surface area (Å²) in [5.41, 5.74) is 3.43. The van der Waals surface area contributed by atoms with E-state index in [1.807, 2.05) is 53.9 Å². The van der Waals surface area contributed by atoms with Gasteiger partial charge in [0.15, 0.2) is 0 Å². The molecule has 4 heterocycles. The van der Waals surface area contributed by atoms with Crippen LogP contribution in [0.3, 0.4) is 0 Å². The lowest BCUT2D eigenvalue weighted by atomic mass is 10.1. The number of carbonyl (C=O) groups excluding carboxylic acids is 2. The van der Waals surface area contributed by atoms with Gasteiger partial charge in [0.25, 0.3) is 11.8 Å². The number of nitrogens with one attached hydrogen (secondary N) is 3. The first-order valence-electron chi connectivity index (χ1n) is 10.1. The highest BCUT2D eigenvalue weighted by Gasteiger charge is 2.12. The Kier molecular flexibility index (Phi) is 5.35. The van der Waals surface area contributed by atoms with Gasteiger partial charge in [-0.3, -0.25) is 9.59 Å². The molecule has 1 aromatic carbocycles. The highest BCUT2D eigenvalue weighted by Crippen LogP contribution is 2.23. The number of benzene rings is 1. The Morgan fingerprint density at radius 2 is 1.59 bits per heavy atom. The third-order valence-corrected chi connectivity index (χ3v) is 6.09. The van der Waals surface area contributed by atoms with Gasteiger partial charge in [0.05, 0.1) is 4.70 Å². The van der Waals surface area contributed by atoms with Crippen molar-refractivity contribution < 1.29 is 9.59 Å². The molecule has 8 heteroatoms. The molecule has 0 bridgehead atoms. The van der Waals surface area contributed by atoms with E-state index in [9.17, 15) is 9.59 Å². The number of H-pyrrole nitrogens is 1. The van der Waals surface area contributed by atoms with Crippen molar-refractivity contribution in [2.24, 2.45) is 0 Å². The quantitative estimate of drug-likeness (QED) is 0.370. The Bertz CT molecular complexity index is 1420. The van der Waals surface area contributed by atoms with Crippen LogP contribution in [0.5, 0.6) is 0 Å². The molecule has 0 aliphatic heterocycles. The van der Waals surface area contributed by atoms with Crippen molar-refractivity contribution in [1.82, 2.24) is 25.6 Å². The van der Waals surface area contributed by atoms with Gasteiger partial charge in [0.2, 0.25) is 0 Å². The molecule has 0 fully saturated rings. The number of nitrogens with zero attached hydrogens (tertiary/aromatic N) is 2. The van der Waals surface area contributed by atoms with Crippen LogP contribution in [-0.4, -0.2) is 26.8 Å². The van der Waals surface area contributed by atoms with Gasteiger partial charge >= 0.3 is 0 Å². The topological polar surface area (TPSA) is 99.8 Å². The third-order valence-electron chi connectivity index (χ3n) is 5.15. The van der Waals surface area contributed by atoms with E-state index in [1.165, 1.54) is 11.3 Å². The monoisotopic (exact) mass is 441 g/mol. The second kappa shape index (κ2) is 8.60. The molecule has 2 amide bonds. The molecule has 4 aromatic heterocycles. The zero-order chi connectivity index (χ0) is 21.9. The van der Waals surface area contributed by atoms with Crippen LogP contribution in [0, 0.1) is 0 Å². The molecule has 0 atom stereocenters. The number of rotatable bonds is 6. The molecule has 0 radical (unpaired) electrons. The predicted molar refractivity (Wildman–Crippen MR) is 124 cm³/mol. The Morgan fingerprint density at radius 1 is 0.844 bits per heavy atom. The van der Waals surface area contributed by atoms with Gasteiger partial charge in [-0.25, -0.2) is 9.97 Å². The fourth-order valence-electron chi connectivity index (χ4n) is 3.43. The van der Waals surface area contributed by atoms with E-state index in [1.54, 1.807) is 18.5 Å². The number of hydrogen-bond acceptors (Lipinski definition) is 5. The molecule has 0 spiro atoms. The van der Waals surface area contributed by atoms with Gasteiger partial charge in [-0.15, -0.1) is 11.3 Å². The van der Waals surface area contributed by atoms with Gasteiger partial charge < -0.3 is 15.6 Å². The molecular weight excluding hydrogens is 422 g/mol. The average molecular weight is 442 g/mol. The summed E-state index contributed by atoms with van der Waals surface area (Å²) in [6.45, 7) is 0.787. The van der Waals surface area contributed by atoms with Gasteiger partial charge in [-0.2, -0.15) is 0 Å².